The fourth-order valence-electron chi connectivity index (χ4n) is 0.303. The van der Waals surface area contributed by atoms with Gasteiger partial charge in [-0.15, -0.1) is 0 Å². The van der Waals surface area contributed by atoms with Crippen molar-refractivity contribution in [1.82, 2.24) is 0 Å². The fraction of sp³-hybridized carbons (Fsp3) is 1.00. The third-order valence-corrected chi connectivity index (χ3v) is 0.804. The van der Waals surface area contributed by atoms with Gasteiger partial charge in [-0.2, -0.15) is 0 Å². The van der Waals surface area contributed by atoms with Crippen LogP contribution in [0.5, 0.6) is 0 Å². The molecule has 0 bridgehead atoms. The van der Waals surface area contributed by atoms with Gasteiger partial charge in [0, 0.05) is 51.1 Å². The van der Waals surface area contributed by atoms with Crippen molar-refractivity contribution in [2.45, 2.75) is 13.0 Å². The molecule has 0 spiro atoms. The molecule has 1 radical (unpaired) electrons. The van der Waals surface area contributed by atoms with E-state index in [4.69, 9.17) is 9.47 Å². The molecule has 8 heavy (non-hydrogen) atoms. The van der Waals surface area contributed by atoms with Crippen molar-refractivity contribution in [2.24, 2.45) is 0 Å². The van der Waals surface area contributed by atoms with E-state index in [-0.39, 0.29) is 43.0 Å². The van der Waals surface area contributed by atoms with Crippen molar-refractivity contribution in [3.8, 4) is 0 Å². The molecule has 0 aromatic rings. The minimum atomic E-state index is 0. The van der Waals surface area contributed by atoms with Gasteiger partial charge in [-0.25, -0.2) is 0 Å². The summed E-state index contributed by atoms with van der Waals surface area (Å²) in [5.41, 5.74) is 0. The number of hydrogen-bond acceptors (Lipinski definition) is 2. The maximum atomic E-state index is 4.87. The van der Waals surface area contributed by atoms with Crippen LogP contribution in [0.25, 0.3) is 0 Å². The van der Waals surface area contributed by atoms with Crippen LogP contribution >= 0.6 is 0 Å². The number of rotatable bonds is 3. The van der Waals surface area contributed by atoms with Gasteiger partial charge in [0.25, 0.3) is 0 Å². The molecule has 0 aliphatic heterocycles. The van der Waals surface area contributed by atoms with Gasteiger partial charge in [-0.05, 0) is 6.92 Å². The molecule has 0 saturated carbocycles. The smallest absolute Gasteiger partial charge is 0.0776 e. The third-order valence-electron chi connectivity index (χ3n) is 0.804. The van der Waals surface area contributed by atoms with E-state index in [0.29, 0.717) is 6.61 Å². The average Bonchev–Trinajstić information content (AvgIpc) is 1.68. The Morgan fingerprint density at radius 3 is 2.00 bits per heavy atom. The maximum Gasteiger partial charge on any atom is 0.0776 e. The minimum absolute atomic E-state index is 0. The van der Waals surface area contributed by atoms with Gasteiger partial charge in [0.15, 0.2) is 0 Å². The predicted octanol–water partition coefficient (Wildman–Crippen LogP) is 0.668. The van der Waals surface area contributed by atoms with E-state index >= 15 is 0 Å². The van der Waals surface area contributed by atoms with Gasteiger partial charge in [0.1, 0.15) is 0 Å². The molecule has 57 valence electrons. The summed E-state index contributed by atoms with van der Waals surface area (Å²) in [6, 6.07) is 0. The summed E-state index contributed by atoms with van der Waals surface area (Å²) in [6.07, 6.45) is 0.227. The second kappa shape index (κ2) is 8.15. The first-order valence-corrected chi connectivity index (χ1v) is 2.33. The van der Waals surface area contributed by atoms with E-state index in [1.807, 2.05) is 6.92 Å². The molecule has 0 N–H and O–H groups in total. The van der Waals surface area contributed by atoms with Gasteiger partial charge in [0.2, 0.25) is 0 Å². The first-order valence-electron chi connectivity index (χ1n) is 2.33. The largest absolute Gasteiger partial charge is 0.382 e. The van der Waals surface area contributed by atoms with Gasteiger partial charge < -0.3 is 9.47 Å². The zero-order valence-corrected chi connectivity index (χ0v) is 7.16. The molecule has 3 heteroatoms. The topological polar surface area (TPSA) is 18.5 Å². The van der Waals surface area contributed by atoms with Gasteiger partial charge >= 0.3 is 0 Å². The van der Waals surface area contributed by atoms with Gasteiger partial charge in [-0.1, -0.05) is 0 Å². The summed E-state index contributed by atoms with van der Waals surface area (Å²) in [7, 11) is 3.33. The monoisotopic (exact) mass is 273 g/mol. The molecule has 1 unspecified atom stereocenters. The molecule has 1 atom stereocenters. The summed E-state index contributed by atoms with van der Waals surface area (Å²) in [5, 5.41) is 0. The van der Waals surface area contributed by atoms with Crippen LogP contribution in [0.2, 0.25) is 0 Å². The number of ether oxygens (including phenoxy) is 2. The summed E-state index contributed by atoms with van der Waals surface area (Å²) in [4.78, 5) is 0. The van der Waals surface area contributed by atoms with E-state index in [1.165, 1.54) is 0 Å². The standard InChI is InChI=1S/C5H12O2.Tm/c1-5(7-3)4-6-2;/h5H,4H2,1-3H3;. The van der Waals surface area contributed by atoms with E-state index in [1.54, 1.807) is 14.2 Å². The molecular formula is C5H12O2Tm. The van der Waals surface area contributed by atoms with Crippen LogP contribution in [-0.4, -0.2) is 26.9 Å². The van der Waals surface area contributed by atoms with Gasteiger partial charge in [0.05, 0.1) is 12.7 Å². The molecule has 0 fully saturated rings. The van der Waals surface area contributed by atoms with Crippen LogP contribution < -0.4 is 0 Å². The maximum absolute atomic E-state index is 4.87. The molecule has 0 aromatic carbocycles. The molecular weight excluding hydrogens is 261 g/mol. The summed E-state index contributed by atoms with van der Waals surface area (Å²) in [5.74, 6) is 0. The Morgan fingerprint density at radius 2 is 1.88 bits per heavy atom. The van der Waals surface area contributed by atoms with Crippen LogP contribution in [0.4, 0.5) is 0 Å². The van der Waals surface area contributed by atoms with Crippen molar-refractivity contribution in [3.63, 3.8) is 0 Å². The molecule has 0 aliphatic carbocycles. The number of methoxy groups -OCH3 is 2. The first-order chi connectivity index (χ1) is 3.31. The van der Waals surface area contributed by atoms with Crippen LogP contribution in [0.15, 0.2) is 0 Å². The quantitative estimate of drug-likeness (QED) is 0.752. The molecule has 2 nitrogen and oxygen atoms in total. The SMILES string of the molecule is COCC(C)OC.[Tm]. The van der Waals surface area contributed by atoms with E-state index < -0.39 is 0 Å². The number of hydrogen-bond donors (Lipinski definition) is 0. The second-order valence-corrected chi connectivity index (χ2v) is 1.50. The first kappa shape index (κ1) is 11.9. The molecule has 0 aliphatic rings. The summed E-state index contributed by atoms with van der Waals surface area (Å²) < 4.78 is 9.64. The summed E-state index contributed by atoms with van der Waals surface area (Å²) >= 11 is 0. The van der Waals surface area contributed by atoms with Crippen LogP contribution in [0.1, 0.15) is 6.92 Å². The van der Waals surface area contributed by atoms with Crippen molar-refractivity contribution in [3.05, 3.63) is 0 Å². The van der Waals surface area contributed by atoms with Crippen molar-refractivity contribution < 1.29 is 46.3 Å². The van der Waals surface area contributed by atoms with Crippen LogP contribution in [0, 0.1) is 36.9 Å². The molecule has 0 heterocycles. The molecule has 0 aromatic heterocycles. The third kappa shape index (κ3) is 7.15. The Hall–Kier alpha value is 1.15. The van der Waals surface area contributed by atoms with E-state index in [9.17, 15) is 0 Å². The minimum Gasteiger partial charge on any atom is -0.382 e. The van der Waals surface area contributed by atoms with Crippen LogP contribution in [0.3, 0.4) is 0 Å². The van der Waals surface area contributed by atoms with E-state index in [0.717, 1.165) is 0 Å². The Bertz CT molecular complexity index is 41.4. The van der Waals surface area contributed by atoms with Crippen LogP contribution in [-0.2, 0) is 9.47 Å². The van der Waals surface area contributed by atoms with Crippen molar-refractivity contribution >= 4 is 0 Å². The predicted molar refractivity (Wildman–Crippen MR) is 28.3 cm³/mol. The van der Waals surface area contributed by atoms with Crippen molar-refractivity contribution in [1.29, 1.82) is 0 Å². The molecule has 0 amide bonds. The normalized spacial score (nSPS) is 12.4. The van der Waals surface area contributed by atoms with E-state index in [2.05, 4.69) is 0 Å². The Kier molecular flexibility index (Phi) is 12.1. The Morgan fingerprint density at radius 1 is 1.38 bits per heavy atom. The Balaban J connectivity index is 0. The molecule has 0 rings (SSSR count). The fourth-order valence-corrected chi connectivity index (χ4v) is 0.303. The van der Waals surface area contributed by atoms with Crippen molar-refractivity contribution in [2.75, 3.05) is 20.8 Å². The Labute approximate surface area is 79.7 Å². The molecule has 0 saturated heterocycles. The zero-order valence-electron chi connectivity index (χ0n) is 5.38. The summed E-state index contributed by atoms with van der Waals surface area (Å²) in [6.45, 7) is 2.64. The average molecular weight is 273 g/mol. The van der Waals surface area contributed by atoms with Gasteiger partial charge in [-0.3, -0.25) is 0 Å². The zero-order chi connectivity index (χ0) is 5.70. The second-order valence-electron chi connectivity index (χ2n) is 1.50.